The van der Waals surface area contributed by atoms with Crippen molar-refractivity contribution in [2.75, 3.05) is 4.90 Å². The highest BCUT2D eigenvalue weighted by molar-refractivity contribution is 6.26. The summed E-state index contributed by atoms with van der Waals surface area (Å²) in [4.78, 5) is 2.52. The number of fused-ring (bicyclic) bond motifs is 19. The highest BCUT2D eigenvalue weighted by Gasteiger charge is 2.52. The zero-order valence-corrected chi connectivity index (χ0v) is 35.0. The molecule has 12 aromatic carbocycles. The summed E-state index contributed by atoms with van der Waals surface area (Å²) >= 11 is 0. The largest absolute Gasteiger partial charge is 0.310 e. The van der Waals surface area contributed by atoms with Crippen LogP contribution in [-0.2, 0) is 5.41 Å². The van der Waals surface area contributed by atoms with Gasteiger partial charge in [-0.3, -0.25) is 0 Å². The molecule has 1 spiro atoms. The van der Waals surface area contributed by atoms with E-state index in [0.29, 0.717) is 0 Å². The molecule has 64 heavy (non-hydrogen) atoms. The summed E-state index contributed by atoms with van der Waals surface area (Å²) in [5.74, 6) is 0. The molecule has 2 aliphatic carbocycles. The molecular weight excluding hydrogens is 771 g/mol. The molecule has 0 saturated heterocycles. The van der Waals surface area contributed by atoms with Crippen LogP contribution in [0.15, 0.2) is 237 Å². The van der Waals surface area contributed by atoms with E-state index in [2.05, 4.69) is 241 Å². The second kappa shape index (κ2) is 13.4. The van der Waals surface area contributed by atoms with Gasteiger partial charge in [0.25, 0.3) is 0 Å². The lowest BCUT2D eigenvalue weighted by Crippen LogP contribution is -2.26. The Kier molecular flexibility index (Phi) is 7.38. The molecule has 12 aromatic rings. The Morgan fingerprint density at radius 1 is 0.250 bits per heavy atom. The average Bonchev–Trinajstić information content (AvgIpc) is 3.83. The van der Waals surface area contributed by atoms with E-state index in [-0.39, 0.29) is 0 Å². The third-order valence-corrected chi connectivity index (χ3v) is 14.4. The Morgan fingerprint density at radius 2 is 0.734 bits per heavy atom. The van der Waals surface area contributed by atoms with E-state index in [4.69, 9.17) is 0 Å². The summed E-state index contributed by atoms with van der Waals surface area (Å²) in [7, 11) is 0. The van der Waals surface area contributed by atoms with Gasteiger partial charge in [0, 0.05) is 16.9 Å². The zero-order valence-electron chi connectivity index (χ0n) is 35.0. The van der Waals surface area contributed by atoms with E-state index in [9.17, 15) is 0 Å². The summed E-state index contributed by atoms with van der Waals surface area (Å²) in [5.41, 5.74) is 15.8. The SMILES string of the molecule is c1ccc(N(c2ccc3c4ccccc4c4ccccc4c3c2)c2cc3c(cc2-c2ccc4ccc5ccccc5c4c2)-c2ccccc2C32c3ccccc3-c3ccccc32)cc1. The summed E-state index contributed by atoms with van der Waals surface area (Å²) in [6.07, 6.45) is 0. The van der Waals surface area contributed by atoms with Crippen molar-refractivity contribution in [2.45, 2.75) is 5.41 Å². The van der Waals surface area contributed by atoms with Gasteiger partial charge >= 0.3 is 0 Å². The minimum atomic E-state index is -0.493. The van der Waals surface area contributed by atoms with Crippen molar-refractivity contribution < 1.29 is 0 Å². The monoisotopic (exact) mass is 809 g/mol. The Labute approximate surface area is 371 Å². The number of hydrogen-bond donors (Lipinski definition) is 0. The molecule has 0 unspecified atom stereocenters. The van der Waals surface area contributed by atoms with E-state index in [1.807, 2.05) is 0 Å². The molecule has 0 amide bonds. The third-order valence-electron chi connectivity index (χ3n) is 14.4. The lowest BCUT2D eigenvalue weighted by molar-refractivity contribution is 0.794. The predicted octanol–water partition coefficient (Wildman–Crippen LogP) is 16.9. The van der Waals surface area contributed by atoms with Crippen molar-refractivity contribution in [1.82, 2.24) is 0 Å². The first kappa shape index (κ1) is 35.3. The summed E-state index contributed by atoms with van der Waals surface area (Å²) in [6, 6.07) is 88.7. The molecule has 0 heterocycles. The second-order valence-electron chi connectivity index (χ2n) is 17.5. The van der Waals surface area contributed by atoms with Gasteiger partial charge in [-0.05, 0) is 146 Å². The summed E-state index contributed by atoms with van der Waals surface area (Å²) in [6.45, 7) is 0. The fourth-order valence-corrected chi connectivity index (χ4v) is 11.8. The topological polar surface area (TPSA) is 3.24 Å². The Hall–Kier alpha value is -8.26. The van der Waals surface area contributed by atoms with Crippen LogP contribution in [0.25, 0.3) is 87.2 Å². The van der Waals surface area contributed by atoms with Gasteiger partial charge in [0.1, 0.15) is 0 Å². The number of para-hydroxylation sites is 1. The molecule has 0 fully saturated rings. The first-order valence-electron chi connectivity index (χ1n) is 22.3. The molecule has 0 radical (unpaired) electrons. The molecule has 14 rings (SSSR count). The van der Waals surface area contributed by atoms with Crippen molar-refractivity contribution in [2.24, 2.45) is 0 Å². The van der Waals surface area contributed by atoms with E-state index in [0.717, 1.165) is 17.1 Å². The van der Waals surface area contributed by atoms with E-state index >= 15 is 0 Å². The van der Waals surface area contributed by atoms with Crippen molar-refractivity contribution in [3.63, 3.8) is 0 Å². The van der Waals surface area contributed by atoms with Gasteiger partial charge in [-0.1, -0.05) is 194 Å². The molecule has 0 bridgehead atoms. The quantitative estimate of drug-likeness (QED) is 0.160. The molecule has 0 atom stereocenters. The molecule has 0 saturated carbocycles. The van der Waals surface area contributed by atoms with Crippen LogP contribution in [0.5, 0.6) is 0 Å². The normalized spacial score (nSPS) is 13.1. The lowest BCUT2D eigenvalue weighted by atomic mass is 9.70. The predicted molar refractivity (Wildman–Crippen MR) is 270 cm³/mol. The number of anilines is 3. The second-order valence-corrected chi connectivity index (χ2v) is 17.5. The van der Waals surface area contributed by atoms with Gasteiger partial charge in [-0.2, -0.15) is 0 Å². The lowest BCUT2D eigenvalue weighted by Gasteiger charge is -2.33. The van der Waals surface area contributed by atoms with E-state index in [1.54, 1.807) is 0 Å². The molecular formula is C63H39N. The fourth-order valence-electron chi connectivity index (χ4n) is 11.8. The highest BCUT2D eigenvalue weighted by Crippen LogP contribution is 2.64. The average molecular weight is 810 g/mol. The van der Waals surface area contributed by atoms with Crippen LogP contribution in [0, 0.1) is 0 Å². The minimum absolute atomic E-state index is 0.493. The third kappa shape index (κ3) is 4.79. The molecule has 2 aliphatic rings. The zero-order chi connectivity index (χ0) is 41.9. The van der Waals surface area contributed by atoms with Gasteiger partial charge in [-0.15, -0.1) is 0 Å². The van der Waals surface area contributed by atoms with E-state index < -0.39 is 5.41 Å². The van der Waals surface area contributed by atoms with Crippen LogP contribution in [0.2, 0.25) is 0 Å². The van der Waals surface area contributed by atoms with Gasteiger partial charge in [-0.25, -0.2) is 0 Å². The maximum atomic E-state index is 2.56. The Bertz CT molecular complexity index is 3830. The van der Waals surface area contributed by atoms with Crippen LogP contribution in [0.1, 0.15) is 22.3 Å². The van der Waals surface area contributed by atoms with Crippen molar-refractivity contribution in [3.05, 3.63) is 259 Å². The van der Waals surface area contributed by atoms with Crippen molar-refractivity contribution in [3.8, 4) is 33.4 Å². The first-order chi connectivity index (χ1) is 31.8. The van der Waals surface area contributed by atoms with Crippen LogP contribution in [-0.4, -0.2) is 0 Å². The van der Waals surface area contributed by atoms with E-state index in [1.165, 1.54) is 109 Å². The number of nitrogens with zero attached hydrogens (tertiary/aromatic N) is 1. The Morgan fingerprint density at radius 3 is 1.38 bits per heavy atom. The van der Waals surface area contributed by atoms with Gasteiger partial charge < -0.3 is 4.90 Å². The van der Waals surface area contributed by atoms with Gasteiger partial charge in [0.15, 0.2) is 0 Å². The maximum Gasteiger partial charge on any atom is 0.0726 e. The summed E-state index contributed by atoms with van der Waals surface area (Å²) in [5, 5.41) is 12.6. The molecule has 296 valence electrons. The van der Waals surface area contributed by atoms with Crippen LogP contribution in [0.4, 0.5) is 17.1 Å². The molecule has 0 aliphatic heterocycles. The molecule has 1 nitrogen and oxygen atoms in total. The first-order valence-corrected chi connectivity index (χ1v) is 22.3. The van der Waals surface area contributed by atoms with Gasteiger partial charge in [0.05, 0.1) is 11.1 Å². The van der Waals surface area contributed by atoms with Crippen LogP contribution < -0.4 is 4.90 Å². The van der Waals surface area contributed by atoms with Crippen molar-refractivity contribution in [1.29, 1.82) is 0 Å². The molecule has 0 N–H and O–H groups in total. The standard InChI is InChI=1S/C63H39N/c1-2-17-43(18-3-1)64(44-34-35-50-48-22-7-6-20-46(48)47-21-8-9-23-49(47)56(50)37-44)62-39-61-57(38-55(62)42-33-32-41-31-30-40-16-4-5-19-45(40)54(41)36-42)53-26-12-15-29-60(53)63(61)58-27-13-10-24-51(58)52-25-11-14-28-59(52)63/h1-39H. The summed E-state index contributed by atoms with van der Waals surface area (Å²) < 4.78 is 0. The number of benzene rings is 12. The maximum absolute atomic E-state index is 2.56. The minimum Gasteiger partial charge on any atom is -0.310 e. The molecule has 1 heteroatoms. The van der Waals surface area contributed by atoms with Gasteiger partial charge in [0.2, 0.25) is 0 Å². The number of rotatable bonds is 4. The smallest absolute Gasteiger partial charge is 0.0726 e. The Balaban J connectivity index is 1.13. The fraction of sp³-hybridized carbons (Fsp3) is 0.0159. The highest BCUT2D eigenvalue weighted by atomic mass is 15.1. The van der Waals surface area contributed by atoms with Crippen LogP contribution >= 0.6 is 0 Å². The van der Waals surface area contributed by atoms with Crippen molar-refractivity contribution >= 4 is 70.9 Å². The molecule has 0 aromatic heterocycles. The van der Waals surface area contributed by atoms with Crippen LogP contribution in [0.3, 0.4) is 0 Å². The number of hydrogen-bond acceptors (Lipinski definition) is 1.